The largest absolute Gasteiger partial charge is 0.481 e. The number of carboxylic acids is 1. The Morgan fingerprint density at radius 2 is 1.58 bits per heavy atom. The van der Waals surface area contributed by atoms with E-state index >= 15 is 0 Å². The molecular formula is C18H22N2O5S. The van der Waals surface area contributed by atoms with E-state index in [0.717, 1.165) is 12.8 Å². The standard InChI is InChI=1S/C18H22N2O5S/c21-17(15-5-1-2-6-16(15)18(22)23)19-13-7-9-14(10-8-13)26(24,25)20-11-3-4-12-20/h1-2,7-10,15-16H,3-6,11-12H2,(H,19,21)(H,22,23)/t15-,16+/m1/s1. The number of aliphatic carboxylic acids is 1. The predicted octanol–water partition coefficient (Wildman–Crippen LogP) is 2.08. The predicted molar refractivity (Wildman–Crippen MR) is 96.1 cm³/mol. The summed E-state index contributed by atoms with van der Waals surface area (Å²) in [6.07, 6.45) is 6.04. The van der Waals surface area contributed by atoms with Gasteiger partial charge < -0.3 is 10.4 Å². The van der Waals surface area contributed by atoms with E-state index in [1.807, 2.05) is 6.08 Å². The highest BCUT2D eigenvalue weighted by Gasteiger charge is 2.34. The number of carbonyl (C=O) groups is 2. The summed E-state index contributed by atoms with van der Waals surface area (Å²) in [5.74, 6) is -2.72. The molecule has 1 aliphatic heterocycles. The number of benzene rings is 1. The van der Waals surface area contributed by atoms with Gasteiger partial charge >= 0.3 is 5.97 Å². The Morgan fingerprint density at radius 1 is 1.00 bits per heavy atom. The van der Waals surface area contributed by atoms with Gasteiger partial charge in [-0.1, -0.05) is 12.2 Å². The maximum Gasteiger partial charge on any atom is 0.307 e. The fraction of sp³-hybridized carbons (Fsp3) is 0.444. The summed E-state index contributed by atoms with van der Waals surface area (Å²) in [7, 11) is -3.49. The van der Waals surface area contributed by atoms with Crippen LogP contribution in [0.3, 0.4) is 0 Å². The van der Waals surface area contributed by atoms with E-state index in [0.29, 0.717) is 31.6 Å². The molecule has 1 saturated heterocycles. The van der Waals surface area contributed by atoms with Crippen LogP contribution < -0.4 is 5.32 Å². The van der Waals surface area contributed by atoms with Crippen LogP contribution in [0.2, 0.25) is 0 Å². The Kier molecular flexibility index (Phi) is 5.43. The van der Waals surface area contributed by atoms with Crippen molar-refractivity contribution in [1.82, 2.24) is 4.31 Å². The molecule has 0 aromatic heterocycles. The van der Waals surface area contributed by atoms with Gasteiger partial charge in [-0.2, -0.15) is 4.31 Å². The van der Waals surface area contributed by atoms with Gasteiger partial charge in [-0.25, -0.2) is 8.42 Å². The minimum atomic E-state index is -3.49. The van der Waals surface area contributed by atoms with E-state index in [1.165, 1.54) is 28.6 Å². The summed E-state index contributed by atoms with van der Waals surface area (Å²) >= 11 is 0. The molecule has 3 rings (SSSR count). The van der Waals surface area contributed by atoms with E-state index in [2.05, 4.69) is 5.32 Å². The van der Waals surface area contributed by atoms with Crippen LogP contribution in [0.15, 0.2) is 41.3 Å². The lowest BCUT2D eigenvalue weighted by molar-refractivity contribution is -0.146. The van der Waals surface area contributed by atoms with Crippen LogP contribution in [0.25, 0.3) is 0 Å². The highest BCUT2D eigenvalue weighted by Crippen LogP contribution is 2.28. The zero-order chi connectivity index (χ0) is 18.7. The molecule has 0 bridgehead atoms. The van der Waals surface area contributed by atoms with Crippen molar-refractivity contribution in [1.29, 1.82) is 0 Å². The summed E-state index contributed by atoms with van der Waals surface area (Å²) in [5.41, 5.74) is 0.453. The molecule has 1 aromatic carbocycles. The third kappa shape index (κ3) is 3.81. The van der Waals surface area contributed by atoms with Crippen LogP contribution in [0.5, 0.6) is 0 Å². The van der Waals surface area contributed by atoms with Crippen molar-refractivity contribution in [2.75, 3.05) is 18.4 Å². The minimum Gasteiger partial charge on any atom is -0.481 e. The Balaban J connectivity index is 1.70. The first kappa shape index (κ1) is 18.6. The number of allylic oxidation sites excluding steroid dienone is 2. The number of amides is 1. The van der Waals surface area contributed by atoms with Crippen LogP contribution in [0.4, 0.5) is 5.69 Å². The maximum atomic E-state index is 12.5. The van der Waals surface area contributed by atoms with Crippen LogP contribution in [0, 0.1) is 11.8 Å². The summed E-state index contributed by atoms with van der Waals surface area (Å²) in [5, 5.41) is 12.0. The number of hydrogen-bond donors (Lipinski definition) is 2. The van der Waals surface area contributed by atoms with Crippen molar-refractivity contribution in [3.05, 3.63) is 36.4 Å². The smallest absolute Gasteiger partial charge is 0.307 e. The molecule has 8 heteroatoms. The SMILES string of the molecule is O=C(O)[C@H]1CC=CC[C@H]1C(=O)Nc1ccc(S(=O)(=O)N2CCCC2)cc1. The van der Waals surface area contributed by atoms with Crippen LogP contribution in [0.1, 0.15) is 25.7 Å². The first-order valence-corrected chi connectivity index (χ1v) is 10.1. The number of hydrogen-bond acceptors (Lipinski definition) is 4. The number of carboxylic acid groups (broad SMARTS) is 1. The van der Waals surface area contributed by atoms with E-state index < -0.39 is 27.8 Å². The highest BCUT2D eigenvalue weighted by molar-refractivity contribution is 7.89. The fourth-order valence-electron chi connectivity index (χ4n) is 3.40. The molecule has 2 N–H and O–H groups in total. The van der Waals surface area contributed by atoms with Crippen molar-refractivity contribution < 1.29 is 23.1 Å². The number of nitrogens with one attached hydrogen (secondary N) is 1. The number of sulfonamides is 1. The zero-order valence-corrected chi connectivity index (χ0v) is 15.1. The van der Waals surface area contributed by atoms with Crippen molar-refractivity contribution in [2.45, 2.75) is 30.6 Å². The van der Waals surface area contributed by atoms with E-state index in [1.54, 1.807) is 6.08 Å². The van der Waals surface area contributed by atoms with Gasteiger partial charge in [0, 0.05) is 18.8 Å². The molecule has 1 heterocycles. The van der Waals surface area contributed by atoms with Crippen molar-refractivity contribution in [3.8, 4) is 0 Å². The molecule has 0 spiro atoms. The van der Waals surface area contributed by atoms with Crippen molar-refractivity contribution >= 4 is 27.6 Å². The Morgan fingerprint density at radius 3 is 2.15 bits per heavy atom. The summed E-state index contributed by atoms with van der Waals surface area (Å²) in [6.45, 7) is 1.07. The Bertz CT molecular complexity index is 810. The van der Waals surface area contributed by atoms with Gasteiger partial charge in [0.25, 0.3) is 0 Å². The quantitative estimate of drug-likeness (QED) is 0.764. The van der Waals surface area contributed by atoms with Gasteiger partial charge in [0.15, 0.2) is 0 Å². The molecule has 0 unspecified atom stereocenters. The molecule has 0 radical (unpaired) electrons. The normalized spacial score (nSPS) is 23.7. The average molecular weight is 378 g/mol. The van der Waals surface area contributed by atoms with Crippen LogP contribution in [-0.4, -0.2) is 42.8 Å². The molecule has 2 atom stereocenters. The molecule has 1 fully saturated rings. The van der Waals surface area contributed by atoms with Crippen LogP contribution >= 0.6 is 0 Å². The van der Waals surface area contributed by atoms with Gasteiger partial charge in [0.1, 0.15) is 0 Å². The van der Waals surface area contributed by atoms with Gasteiger partial charge in [0.05, 0.1) is 16.7 Å². The first-order chi connectivity index (χ1) is 12.4. The molecule has 1 aromatic rings. The lowest BCUT2D eigenvalue weighted by atomic mass is 9.82. The third-order valence-electron chi connectivity index (χ3n) is 4.91. The second-order valence-electron chi connectivity index (χ2n) is 6.62. The van der Waals surface area contributed by atoms with Gasteiger partial charge in [-0.3, -0.25) is 9.59 Å². The summed E-state index contributed by atoms with van der Waals surface area (Å²) < 4.78 is 26.5. The van der Waals surface area contributed by atoms with Gasteiger partial charge in [0.2, 0.25) is 15.9 Å². The number of anilines is 1. The molecular weight excluding hydrogens is 356 g/mol. The summed E-state index contributed by atoms with van der Waals surface area (Å²) in [4.78, 5) is 24.0. The Labute approximate surface area is 152 Å². The lowest BCUT2D eigenvalue weighted by Crippen LogP contribution is -2.34. The topological polar surface area (TPSA) is 104 Å². The van der Waals surface area contributed by atoms with E-state index in [4.69, 9.17) is 0 Å². The van der Waals surface area contributed by atoms with Gasteiger partial charge in [-0.15, -0.1) is 0 Å². The zero-order valence-electron chi connectivity index (χ0n) is 14.3. The first-order valence-electron chi connectivity index (χ1n) is 8.68. The molecule has 2 aliphatic rings. The van der Waals surface area contributed by atoms with E-state index in [9.17, 15) is 23.1 Å². The second-order valence-corrected chi connectivity index (χ2v) is 8.56. The number of rotatable bonds is 5. The molecule has 0 saturated carbocycles. The molecule has 1 aliphatic carbocycles. The van der Waals surface area contributed by atoms with Crippen molar-refractivity contribution in [3.63, 3.8) is 0 Å². The van der Waals surface area contributed by atoms with Crippen molar-refractivity contribution in [2.24, 2.45) is 11.8 Å². The number of nitrogens with zero attached hydrogens (tertiary/aromatic N) is 1. The maximum absolute atomic E-state index is 12.5. The lowest BCUT2D eigenvalue weighted by Gasteiger charge is -2.24. The average Bonchev–Trinajstić information content (AvgIpc) is 3.17. The highest BCUT2D eigenvalue weighted by atomic mass is 32.2. The molecule has 26 heavy (non-hydrogen) atoms. The molecule has 140 valence electrons. The molecule has 7 nitrogen and oxygen atoms in total. The number of carbonyl (C=O) groups excluding carboxylic acids is 1. The van der Waals surface area contributed by atoms with Gasteiger partial charge in [-0.05, 0) is 49.9 Å². The van der Waals surface area contributed by atoms with E-state index in [-0.39, 0.29) is 10.8 Å². The monoisotopic (exact) mass is 378 g/mol. The fourth-order valence-corrected chi connectivity index (χ4v) is 4.92. The second kappa shape index (κ2) is 7.59. The third-order valence-corrected chi connectivity index (χ3v) is 6.82. The summed E-state index contributed by atoms with van der Waals surface area (Å²) in [6, 6.07) is 6.02. The minimum absolute atomic E-state index is 0.196. The van der Waals surface area contributed by atoms with Crippen LogP contribution in [-0.2, 0) is 19.6 Å². The molecule has 1 amide bonds. The Hall–Kier alpha value is -2.19.